The van der Waals surface area contributed by atoms with Crippen molar-refractivity contribution in [3.8, 4) is 0 Å². The number of azo groups is 1. The lowest BCUT2D eigenvalue weighted by Gasteiger charge is -2.04. The number of rotatable bonds is 4. The van der Waals surface area contributed by atoms with Gasteiger partial charge in [-0.2, -0.15) is 5.11 Å². The van der Waals surface area contributed by atoms with Gasteiger partial charge in [0.05, 0.1) is 31.0 Å². The molecular formula is C19H17N3O4. The Morgan fingerprint density at radius 3 is 2.15 bits per heavy atom. The second-order valence-electron chi connectivity index (χ2n) is 5.60. The summed E-state index contributed by atoms with van der Waals surface area (Å²) >= 11 is 0. The van der Waals surface area contributed by atoms with Crippen LogP contribution in [0.15, 0.2) is 52.7 Å². The Labute approximate surface area is 149 Å². The van der Waals surface area contributed by atoms with Gasteiger partial charge in [-0.3, -0.25) is 0 Å². The van der Waals surface area contributed by atoms with Crippen LogP contribution in [-0.2, 0) is 9.47 Å². The Bertz CT molecular complexity index is 987. The van der Waals surface area contributed by atoms with Crippen LogP contribution >= 0.6 is 0 Å². The van der Waals surface area contributed by atoms with Gasteiger partial charge < -0.3 is 14.5 Å². The van der Waals surface area contributed by atoms with Crippen LogP contribution in [0.5, 0.6) is 0 Å². The first-order chi connectivity index (χ1) is 12.5. The summed E-state index contributed by atoms with van der Waals surface area (Å²) in [6.45, 7) is 1.90. The minimum atomic E-state index is -0.574. The molecule has 7 heteroatoms. The topological polar surface area (TPSA) is 93.1 Å². The number of hydrogen-bond acceptors (Lipinski definition) is 6. The molecule has 0 aliphatic heterocycles. The minimum absolute atomic E-state index is 0.194. The smallest absolute Gasteiger partial charge is 0.337 e. The summed E-state index contributed by atoms with van der Waals surface area (Å²) in [6.07, 6.45) is 0. The van der Waals surface area contributed by atoms with Crippen LogP contribution < -0.4 is 0 Å². The Hall–Kier alpha value is -3.48. The lowest BCUT2D eigenvalue weighted by Crippen LogP contribution is -2.06. The normalized spacial score (nSPS) is 11.0. The second-order valence-corrected chi connectivity index (χ2v) is 5.60. The van der Waals surface area contributed by atoms with Gasteiger partial charge in [0, 0.05) is 16.6 Å². The third-order valence-corrected chi connectivity index (χ3v) is 3.88. The number of esters is 2. The zero-order valence-corrected chi connectivity index (χ0v) is 14.6. The standard InChI is InChI=1S/C19H17N3O4/c1-11-17(15-6-4-5-7-16(15)20-11)22-21-14-9-12(18(23)25-2)8-13(10-14)19(24)26-3/h4-10,20H,1-3H3. The number of methoxy groups -OCH3 is 2. The van der Waals surface area contributed by atoms with Gasteiger partial charge in [-0.1, -0.05) is 18.2 Å². The van der Waals surface area contributed by atoms with Gasteiger partial charge >= 0.3 is 11.9 Å². The van der Waals surface area contributed by atoms with E-state index in [1.807, 2.05) is 31.2 Å². The summed E-state index contributed by atoms with van der Waals surface area (Å²) < 4.78 is 9.44. The van der Waals surface area contributed by atoms with Crippen LogP contribution in [0, 0.1) is 6.92 Å². The number of aromatic nitrogens is 1. The molecule has 0 unspecified atom stereocenters. The van der Waals surface area contributed by atoms with Crippen molar-refractivity contribution in [1.82, 2.24) is 4.98 Å². The van der Waals surface area contributed by atoms with Crippen LogP contribution in [0.2, 0.25) is 0 Å². The van der Waals surface area contributed by atoms with Crippen LogP contribution in [0.25, 0.3) is 10.9 Å². The summed E-state index contributed by atoms with van der Waals surface area (Å²) in [7, 11) is 2.54. The number of carbonyl (C=O) groups excluding carboxylic acids is 2. The van der Waals surface area contributed by atoms with Crippen LogP contribution in [0.1, 0.15) is 26.4 Å². The molecule has 1 heterocycles. The second kappa shape index (κ2) is 7.18. The van der Waals surface area contributed by atoms with Gasteiger partial charge in [0.1, 0.15) is 5.69 Å². The third-order valence-electron chi connectivity index (χ3n) is 3.88. The number of ether oxygens (including phenoxy) is 2. The third kappa shape index (κ3) is 3.32. The van der Waals surface area contributed by atoms with E-state index in [0.717, 1.165) is 16.6 Å². The van der Waals surface area contributed by atoms with E-state index in [1.165, 1.54) is 32.4 Å². The number of H-pyrrole nitrogens is 1. The van der Waals surface area contributed by atoms with Gasteiger partial charge in [0.2, 0.25) is 0 Å². The molecule has 0 spiro atoms. The average molecular weight is 351 g/mol. The highest BCUT2D eigenvalue weighted by Crippen LogP contribution is 2.31. The summed E-state index contributed by atoms with van der Waals surface area (Å²) in [5, 5.41) is 9.45. The molecule has 2 aromatic carbocycles. The molecule has 1 aromatic heterocycles. The summed E-state index contributed by atoms with van der Waals surface area (Å²) in [6, 6.07) is 12.2. The molecule has 132 valence electrons. The predicted octanol–water partition coefficient (Wildman–Crippen LogP) is 4.46. The number of benzene rings is 2. The number of nitrogens with zero attached hydrogens (tertiary/aromatic N) is 2. The number of para-hydroxylation sites is 1. The van der Waals surface area contributed by atoms with Gasteiger partial charge in [-0.05, 0) is 31.2 Å². The van der Waals surface area contributed by atoms with Crippen molar-refractivity contribution in [3.63, 3.8) is 0 Å². The molecule has 0 atom stereocenters. The number of fused-ring (bicyclic) bond motifs is 1. The van der Waals surface area contributed by atoms with E-state index in [2.05, 4.69) is 15.2 Å². The van der Waals surface area contributed by atoms with E-state index in [4.69, 9.17) is 9.47 Å². The first-order valence-corrected chi connectivity index (χ1v) is 7.84. The Morgan fingerprint density at radius 2 is 1.54 bits per heavy atom. The van der Waals surface area contributed by atoms with E-state index >= 15 is 0 Å². The highest BCUT2D eigenvalue weighted by atomic mass is 16.5. The SMILES string of the molecule is COC(=O)c1cc(N=Nc2c(C)[nH]c3ccccc23)cc(C(=O)OC)c1. The van der Waals surface area contributed by atoms with Gasteiger partial charge in [0.25, 0.3) is 0 Å². The number of aryl methyl sites for hydroxylation is 1. The number of nitrogens with one attached hydrogen (secondary N) is 1. The molecule has 0 bridgehead atoms. The van der Waals surface area contributed by atoms with Crippen LogP contribution in [-0.4, -0.2) is 31.1 Å². The van der Waals surface area contributed by atoms with Crippen LogP contribution in [0.4, 0.5) is 11.4 Å². The van der Waals surface area contributed by atoms with E-state index in [-0.39, 0.29) is 11.1 Å². The quantitative estimate of drug-likeness (QED) is 0.554. The minimum Gasteiger partial charge on any atom is -0.465 e. The fraction of sp³-hybridized carbons (Fsp3) is 0.158. The molecule has 3 rings (SSSR count). The van der Waals surface area contributed by atoms with Crippen molar-refractivity contribution in [3.05, 3.63) is 59.3 Å². The van der Waals surface area contributed by atoms with E-state index < -0.39 is 11.9 Å². The first kappa shape index (κ1) is 17.3. The van der Waals surface area contributed by atoms with Crippen molar-refractivity contribution < 1.29 is 19.1 Å². The van der Waals surface area contributed by atoms with Crippen molar-refractivity contribution in [2.75, 3.05) is 14.2 Å². The molecule has 7 nitrogen and oxygen atoms in total. The predicted molar refractivity (Wildman–Crippen MR) is 96.3 cm³/mol. The van der Waals surface area contributed by atoms with Gasteiger partial charge in [-0.25, -0.2) is 9.59 Å². The highest BCUT2D eigenvalue weighted by molar-refractivity contribution is 5.97. The maximum Gasteiger partial charge on any atom is 0.337 e. The molecule has 0 saturated heterocycles. The fourth-order valence-corrected chi connectivity index (χ4v) is 2.64. The van der Waals surface area contributed by atoms with Crippen molar-refractivity contribution >= 4 is 34.2 Å². The molecule has 0 radical (unpaired) electrons. The number of aromatic amines is 1. The zero-order valence-electron chi connectivity index (χ0n) is 14.6. The zero-order chi connectivity index (χ0) is 18.7. The molecule has 3 aromatic rings. The molecule has 0 aliphatic carbocycles. The molecule has 1 N–H and O–H groups in total. The summed E-state index contributed by atoms with van der Waals surface area (Å²) in [5.74, 6) is -1.15. The molecular weight excluding hydrogens is 334 g/mol. The molecule has 0 saturated carbocycles. The van der Waals surface area contributed by atoms with Crippen LogP contribution in [0.3, 0.4) is 0 Å². The Kier molecular flexibility index (Phi) is 4.79. The Morgan fingerprint density at radius 1 is 0.923 bits per heavy atom. The maximum absolute atomic E-state index is 11.8. The van der Waals surface area contributed by atoms with Gasteiger partial charge in [0.15, 0.2) is 0 Å². The van der Waals surface area contributed by atoms with E-state index in [1.54, 1.807) is 0 Å². The van der Waals surface area contributed by atoms with E-state index in [0.29, 0.717) is 11.4 Å². The fourth-order valence-electron chi connectivity index (χ4n) is 2.64. The van der Waals surface area contributed by atoms with Crippen molar-refractivity contribution in [2.24, 2.45) is 10.2 Å². The molecule has 0 aliphatic rings. The van der Waals surface area contributed by atoms with E-state index in [9.17, 15) is 9.59 Å². The lowest BCUT2D eigenvalue weighted by atomic mass is 10.1. The Balaban J connectivity index is 2.05. The largest absolute Gasteiger partial charge is 0.465 e. The van der Waals surface area contributed by atoms with Gasteiger partial charge in [-0.15, -0.1) is 5.11 Å². The molecule has 0 fully saturated rings. The maximum atomic E-state index is 11.8. The lowest BCUT2D eigenvalue weighted by molar-refractivity contribution is 0.0599. The summed E-state index contributed by atoms with van der Waals surface area (Å²) in [4.78, 5) is 26.9. The summed E-state index contributed by atoms with van der Waals surface area (Å²) in [5.41, 5.74) is 3.26. The average Bonchev–Trinajstić information content (AvgIpc) is 2.99. The highest BCUT2D eigenvalue weighted by Gasteiger charge is 2.14. The van der Waals surface area contributed by atoms with Crippen molar-refractivity contribution in [2.45, 2.75) is 6.92 Å². The first-order valence-electron chi connectivity index (χ1n) is 7.84. The number of hydrogen-bond donors (Lipinski definition) is 1. The van der Waals surface area contributed by atoms with Crippen molar-refractivity contribution in [1.29, 1.82) is 0 Å². The number of carbonyl (C=O) groups is 2. The molecule has 0 amide bonds. The monoisotopic (exact) mass is 351 g/mol. The molecule has 26 heavy (non-hydrogen) atoms.